The van der Waals surface area contributed by atoms with Crippen molar-refractivity contribution in [2.75, 3.05) is 0 Å². The molecule has 0 radical (unpaired) electrons. The topological polar surface area (TPSA) is 93.3 Å². The van der Waals surface area contributed by atoms with Crippen LogP contribution in [0.4, 0.5) is 0 Å². The quantitative estimate of drug-likeness (QED) is 0.812. The van der Waals surface area contributed by atoms with E-state index in [-0.39, 0.29) is 11.3 Å². The van der Waals surface area contributed by atoms with E-state index in [0.717, 1.165) is 14.7 Å². The normalized spacial score (nSPS) is 10.2. The number of carbonyl (C=O) groups is 2. The number of hydrogen-bond acceptors (Lipinski definition) is 3. The lowest BCUT2D eigenvalue weighted by Gasteiger charge is -2.06. The van der Waals surface area contributed by atoms with Crippen LogP contribution in [0.15, 0.2) is 36.5 Å². The van der Waals surface area contributed by atoms with Gasteiger partial charge in [0.2, 0.25) is 0 Å². The van der Waals surface area contributed by atoms with Gasteiger partial charge in [0.15, 0.2) is 0 Å². The molecule has 0 saturated carbocycles. The molecule has 1 amide bonds. The average Bonchev–Trinajstić information content (AvgIpc) is 2.39. The van der Waals surface area contributed by atoms with Crippen LogP contribution in [0.5, 0.6) is 0 Å². The van der Waals surface area contributed by atoms with Crippen LogP contribution < -0.4 is 5.73 Å². The lowest BCUT2D eigenvalue weighted by atomic mass is 10.0. The lowest BCUT2D eigenvalue weighted by Crippen LogP contribution is -2.12. The minimum absolute atomic E-state index is 0.174. The van der Waals surface area contributed by atoms with Crippen LogP contribution >= 0.6 is 22.6 Å². The summed E-state index contributed by atoms with van der Waals surface area (Å²) in [5, 5.41) is 8.98. The van der Waals surface area contributed by atoms with Gasteiger partial charge < -0.3 is 10.8 Å². The number of amides is 1. The number of primary amides is 1. The second-order valence-electron chi connectivity index (χ2n) is 3.80. The number of halogens is 1. The molecular weight excluding hydrogens is 359 g/mol. The molecule has 5 nitrogen and oxygen atoms in total. The molecule has 0 spiro atoms. The van der Waals surface area contributed by atoms with Gasteiger partial charge in [-0.15, -0.1) is 0 Å². The van der Waals surface area contributed by atoms with E-state index in [1.54, 1.807) is 24.3 Å². The van der Waals surface area contributed by atoms with Crippen molar-refractivity contribution in [2.45, 2.75) is 0 Å². The van der Waals surface area contributed by atoms with Crippen molar-refractivity contribution in [3.05, 3.63) is 51.4 Å². The van der Waals surface area contributed by atoms with Crippen LogP contribution in [0.2, 0.25) is 0 Å². The number of aromatic nitrogens is 1. The molecular formula is C13H9IN2O3. The summed E-state index contributed by atoms with van der Waals surface area (Å²) in [6.45, 7) is 0. The summed E-state index contributed by atoms with van der Waals surface area (Å²) in [5.41, 5.74) is 6.98. The van der Waals surface area contributed by atoms with Crippen molar-refractivity contribution in [2.24, 2.45) is 5.73 Å². The molecule has 6 heteroatoms. The molecule has 19 heavy (non-hydrogen) atoms. The number of carbonyl (C=O) groups excluding carboxylic acids is 1. The van der Waals surface area contributed by atoms with E-state index in [1.165, 1.54) is 12.3 Å². The minimum atomic E-state index is -0.987. The minimum Gasteiger partial charge on any atom is -0.478 e. The Morgan fingerprint density at radius 2 is 1.95 bits per heavy atom. The summed E-state index contributed by atoms with van der Waals surface area (Å²) >= 11 is 2.11. The van der Waals surface area contributed by atoms with Gasteiger partial charge in [0.05, 0.1) is 5.56 Å². The van der Waals surface area contributed by atoms with Gasteiger partial charge in [-0.25, -0.2) is 4.79 Å². The number of carboxylic acids is 1. The first kappa shape index (κ1) is 13.5. The number of benzene rings is 1. The molecule has 0 atom stereocenters. The molecule has 96 valence electrons. The SMILES string of the molecule is NC(=O)c1ccc(-c2cc(C(=O)O)ccc2I)cn1. The Bertz CT molecular complexity index is 653. The van der Waals surface area contributed by atoms with E-state index < -0.39 is 11.9 Å². The highest BCUT2D eigenvalue weighted by atomic mass is 127. The van der Waals surface area contributed by atoms with Gasteiger partial charge in [0.1, 0.15) is 5.69 Å². The van der Waals surface area contributed by atoms with Gasteiger partial charge >= 0.3 is 5.97 Å². The van der Waals surface area contributed by atoms with Gasteiger partial charge in [-0.05, 0) is 52.4 Å². The number of rotatable bonds is 3. The Hall–Kier alpha value is -1.96. The molecule has 0 fully saturated rings. The zero-order valence-electron chi connectivity index (χ0n) is 9.63. The summed E-state index contributed by atoms with van der Waals surface area (Å²) in [5.74, 6) is -1.58. The third kappa shape index (κ3) is 2.90. The molecule has 1 aromatic heterocycles. The fraction of sp³-hybridized carbons (Fsp3) is 0. The monoisotopic (exact) mass is 368 g/mol. The Labute approximate surface area is 122 Å². The summed E-state index contributed by atoms with van der Waals surface area (Å²) in [7, 11) is 0. The van der Waals surface area contributed by atoms with Crippen molar-refractivity contribution in [3.63, 3.8) is 0 Å². The number of aromatic carboxylic acids is 1. The van der Waals surface area contributed by atoms with Crippen LogP contribution in [-0.2, 0) is 0 Å². The van der Waals surface area contributed by atoms with E-state index >= 15 is 0 Å². The van der Waals surface area contributed by atoms with E-state index in [2.05, 4.69) is 27.6 Å². The van der Waals surface area contributed by atoms with Crippen LogP contribution in [0.25, 0.3) is 11.1 Å². The number of carboxylic acid groups (broad SMARTS) is 1. The second kappa shape index (κ2) is 5.35. The first-order valence-electron chi connectivity index (χ1n) is 5.28. The zero-order valence-corrected chi connectivity index (χ0v) is 11.8. The fourth-order valence-corrected chi connectivity index (χ4v) is 2.23. The third-order valence-corrected chi connectivity index (χ3v) is 3.48. The summed E-state index contributed by atoms with van der Waals surface area (Å²) in [6.07, 6.45) is 1.50. The fourth-order valence-electron chi connectivity index (χ4n) is 1.58. The molecule has 0 aliphatic carbocycles. The predicted molar refractivity (Wildman–Crippen MR) is 77.9 cm³/mol. The van der Waals surface area contributed by atoms with E-state index in [0.29, 0.717) is 0 Å². The number of pyridine rings is 1. The molecule has 2 rings (SSSR count). The predicted octanol–water partition coefficient (Wildman–Crippen LogP) is 2.15. The summed E-state index contributed by atoms with van der Waals surface area (Å²) < 4.78 is 0.899. The number of nitrogens with zero attached hydrogens (tertiary/aromatic N) is 1. The second-order valence-corrected chi connectivity index (χ2v) is 4.96. The van der Waals surface area contributed by atoms with E-state index in [4.69, 9.17) is 10.8 Å². The van der Waals surface area contributed by atoms with Gasteiger partial charge in [-0.3, -0.25) is 9.78 Å². The molecule has 1 heterocycles. The van der Waals surface area contributed by atoms with Crippen molar-refractivity contribution in [3.8, 4) is 11.1 Å². The number of hydrogen-bond donors (Lipinski definition) is 2. The lowest BCUT2D eigenvalue weighted by molar-refractivity contribution is 0.0696. The Morgan fingerprint density at radius 1 is 1.21 bits per heavy atom. The van der Waals surface area contributed by atoms with Crippen molar-refractivity contribution < 1.29 is 14.7 Å². The molecule has 0 bridgehead atoms. The highest BCUT2D eigenvalue weighted by molar-refractivity contribution is 14.1. The van der Waals surface area contributed by atoms with Crippen LogP contribution in [0, 0.1) is 3.57 Å². The van der Waals surface area contributed by atoms with Gasteiger partial charge in [-0.2, -0.15) is 0 Å². The maximum absolute atomic E-state index is 11.0. The summed E-state index contributed by atoms with van der Waals surface area (Å²) in [4.78, 5) is 25.8. The van der Waals surface area contributed by atoms with Crippen LogP contribution in [-0.4, -0.2) is 22.0 Å². The van der Waals surface area contributed by atoms with Crippen LogP contribution in [0.1, 0.15) is 20.8 Å². The smallest absolute Gasteiger partial charge is 0.335 e. The largest absolute Gasteiger partial charge is 0.478 e. The van der Waals surface area contributed by atoms with Crippen molar-refractivity contribution in [1.82, 2.24) is 4.98 Å². The summed E-state index contributed by atoms with van der Waals surface area (Å²) in [6, 6.07) is 8.04. The van der Waals surface area contributed by atoms with Gasteiger partial charge in [0, 0.05) is 15.3 Å². The zero-order chi connectivity index (χ0) is 14.0. The highest BCUT2D eigenvalue weighted by Gasteiger charge is 2.10. The van der Waals surface area contributed by atoms with Crippen molar-refractivity contribution in [1.29, 1.82) is 0 Å². The molecule has 0 unspecified atom stereocenters. The molecule has 2 aromatic rings. The van der Waals surface area contributed by atoms with Crippen molar-refractivity contribution >= 4 is 34.5 Å². The number of nitrogens with two attached hydrogens (primary N) is 1. The maximum atomic E-state index is 11.0. The van der Waals surface area contributed by atoms with Crippen LogP contribution in [0.3, 0.4) is 0 Å². The first-order chi connectivity index (χ1) is 8.99. The molecule has 0 saturated heterocycles. The molecule has 0 aliphatic heterocycles. The average molecular weight is 368 g/mol. The highest BCUT2D eigenvalue weighted by Crippen LogP contribution is 2.26. The third-order valence-electron chi connectivity index (χ3n) is 2.54. The Balaban J connectivity index is 2.48. The Morgan fingerprint density at radius 3 is 2.47 bits per heavy atom. The standard InChI is InChI=1S/C13H9IN2O3/c14-10-3-1-7(13(18)19)5-9(10)8-2-4-11(12(15)17)16-6-8/h1-6H,(H2,15,17)(H,18,19). The van der Waals surface area contributed by atoms with Gasteiger partial charge in [-0.1, -0.05) is 6.07 Å². The molecule has 1 aromatic carbocycles. The molecule has 3 N–H and O–H groups in total. The van der Waals surface area contributed by atoms with Gasteiger partial charge in [0.25, 0.3) is 5.91 Å². The Kier molecular flexibility index (Phi) is 3.79. The van der Waals surface area contributed by atoms with E-state index in [9.17, 15) is 9.59 Å². The molecule has 0 aliphatic rings. The maximum Gasteiger partial charge on any atom is 0.335 e. The van der Waals surface area contributed by atoms with E-state index in [1.807, 2.05) is 0 Å². The first-order valence-corrected chi connectivity index (χ1v) is 6.36.